The van der Waals surface area contributed by atoms with Gasteiger partial charge in [-0.1, -0.05) is 74.7 Å². The van der Waals surface area contributed by atoms with Gasteiger partial charge in [0.1, 0.15) is 12.4 Å². The molecule has 1 aliphatic rings. The van der Waals surface area contributed by atoms with E-state index in [4.69, 9.17) is 42.1 Å². The molecule has 0 fully saturated rings. The first-order valence-corrected chi connectivity index (χ1v) is 16.4. The van der Waals surface area contributed by atoms with Crippen molar-refractivity contribution >= 4 is 62.5 Å². The highest BCUT2D eigenvalue weighted by Gasteiger charge is 2.35. The molecule has 3 aromatic carbocycles. The SMILES string of the molecule is CCOC(=O)C1=C(C)N=c2s/c(=C/c3ccccc3OCc3ccc(Cl)c(Cl)c3)c(=O)n2[C@@H]1c1cc(OC)c(OCC)cc1Br. The number of ether oxygens (including phenoxy) is 4. The molecule has 0 spiro atoms. The molecule has 0 unspecified atom stereocenters. The molecule has 12 heteroatoms. The number of carbonyl (C=O) groups is 1. The third-order valence-corrected chi connectivity index (χ3v) is 9.39. The van der Waals surface area contributed by atoms with Gasteiger partial charge in [0, 0.05) is 10.0 Å². The summed E-state index contributed by atoms with van der Waals surface area (Å²) in [4.78, 5) is 32.7. The Balaban J connectivity index is 1.63. The summed E-state index contributed by atoms with van der Waals surface area (Å²) in [6.45, 7) is 6.19. The summed E-state index contributed by atoms with van der Waals surface area (Å²) in [7, 11) is 1.54. The topological polar surface area (TPSA) is 88.4 Å². The number of hydrogen-bond acceptors (Lipinski definition) is 8. The molecule has 0 bridgehead atoms. The second-order valence-corrected chi connectivity index (χ2v) is 12.5. The number of halogens is 3. The van der Waals surface area contributed by atoms with Crippen molar-refractivity contribution in [1.29, 1.82) is 0 Å². The van der Waals surface area contributed by atoms with Crippen molar-refractivity contribution in [2.24, 2.45) is 4.99 Å². The Morgan fingerprint density at radius 2 is 1.80 bits per heavy atom. The maximum atomic E-state index is 14.2. The van der Waals surface area contributed by atoms with E-state index in [1.54, 1.807) is 44.2 Å². The average Bonchev–Trinajstić information content (AvgIpc) is 3.32. The molecule has 0 radical (unpaired) electrons. The average molecular weight is 732 g/mol. The van der Waals surface area contributed by atoms with Crippen molar-refractivity contribution in [3.8, 4) is 17.2 Å². The first kappa shape index (κ1) is 32.8. The van der Waals surface area contributed by atoms with E-state index in [0.717, 1.165) is 5.56 Å². The highest BCUT2D eigenvalue weighted by atomic mass is 79.9. The second kappa shape index (κ2) is 14.2. The maximum Gasteiger partial charge on any atom is 0.338 e. The molecule has 0 aliphatic carbocycles. The van der Waals surface area contributed by atoms with Crippen LogP contribution >= 0.6 is 50.5 Å². The van der Waals surface area contributed by atoms with Crippen LogP contribution < -0.4 is 29.1 Å². The van der Waals surface area contributed by atoms with Crippen molar-refractivity contribution in [1.82, 2.24) is 4.57 Å². The molecule has 4 aromatic rings. The fourth-order valence-electron chi connectivity index (χ4n) is 4.94. The van der Waals surface area contributed by atoms with Crippen LogP contribution in [0.25, 0.3) is 6.08 Å². The molecule has 0 N–H and O–H groups in total. The summed E-state index contributed by atoms with van der Waals surface area (Å²) < 4.78 is 25.5. The van der Waals surface area contributed by atoms with E-state index in [-0.39, 0.29) is 24.3 Å². The lowest BCUT2D eigenvalue weighted by molar-refractivity contribution is -0.139. The lowest BCUT2D eigenvalue weighted by Gasteiger charge is -2.26. The van der Waals surface area contributed by atoms with Crippen LogP contribution in [0.5, 0.6) is 17.2 Å². The van der Waals surface area contributed by atoms with Gasteiger partial charge in [0.25, 0.3) is 5.56 Å². The van der Waals surface area contributed by atoms with Crippen molar-refractivity contribution in [2.75, 3.05) is 20.3 Å². The summed E-state index contributed by atoms with van der Waals surface area (Å²) in [5, 5.41) is 0.905. The molecule has 8 nitrogen and oxygen atoms in total. The third-order valence-electron chi connectivity index (χ3n) is 6.98. The summed E-state index contributed by atoms with van der Waals surface area (Å²) in [5.41, 5.74) is 2.55. The van der Waals surface area contributed by atoms with Gasteiger partial charge in [-0.05, 0) is 68.3 Å². The van der Waals surface area contributed by atoms with Gasteiger partial charge in [0.05, 0.1) is 52.2 Å². The van der Waals surface area contributed by atoms with E-state index in [9.17, 15) is 9.59 Å². The molecule has 1 aromatic heterocycles. The van der Waals surface area contributed by atoms with E-state index < -0.39 is 12.0 Å². The Bertz CT molecular complexity index is 1990. The van der Waals surface area contributed by atoms with Crippen molar-refractivity contribution in [2.45, 2.75) is 33.4 Å². The fraction of sp³-hybridized carbons (Fsp3) is 0.242. The second-order valence-electron chi connectivity index (χ2n) is 9.83. The molecule has 1 aliphatic heterocycles. The largest absolute Gasteiger partial charge is 0.493 e. The Morgan fingerprint density at radius 1 is 1.02 bits per heavy atom. The van der Waals surface area contributed by atoms with Gasteiger partial charge in [-0.15, -0.1) is 0 Å². The molecule has 0 saturated carbocycles. The highest BCUT2D eigenvalue weighted by molar-refractivity contribution is 9.10. The van der Waals surface area contributed by atoms with E-state index >= 15 is 0 Å². The molecular weight excluding hydrogens is 703 g/mol. The smallest absolute Gasteiger partial charge is 0.338 e. The van der Waals surface area contributed by atoms with Crippen LogP contribution in [-0.4, -0.2) is 30.9 Å². The normalized spacial score (nSPS) is 14.6. The lowest BCUT2D eigenvalue weighted by atomic mass is 9.95. The van der Waals surface area contributed by atoms with Crippen LogP contribution in [0.2, 0.25) is 10.0 Å². The predicted molar refractivity (Wildman–Crippen MR) is 179 cm³/mol. The van der Waals surface area contributed by atoms with Crippen LogP contribution in [0.4, 0.5) is 0 Å². The summed E-state index contributed by atoms with van der Waals surface area (Å²) >= 11 is 17.1. The van der Waals surface area contributed by atoms with Gasteiger partial charge in [-0.25, -0.2) is 9.79 Å². The van der Waals surface area contributed by atoms with Gasteiger partial charge in [0.2, 0.25) is 0 Å². The highest BCUT2D eigenvalue weighted by Crippen LogP contribution is 2.41. The molecule has 5 rings (SSSR count). The standard InChI is InChI=1S/C33H29BrCl2N2O6S/c1-5-42-27-16-22(34)21(15-26(27)41-4)30-29(32(40)43-6-2)18(3)37-33-38(30)31(39)28(45-33)14-20-9-7-8-10-25(20)44-17-19-11-12-23(35)24(36)13-19/h7-16,30H,5-6,17H2,1-4H3/b28-14+/t30-/m1/s1. The number of para-hydroxylation sites is 1. The number of esters is 1. The van der Waals surface area contributed by atoms with E-state index in [1.807, 2.05) is 37.3 Å². The molecule has 45 heavy (non-hydrogen) atoms. The van der Waals surface area contributed by atoms with Gasteiger partial charge < -0.3 is 18.9 Å². The van der Waals surface area contributed by atoms with Crippen molar-refractivity contribution in [3.63, 3.8) is 0 Å². The predicted octanol–water partition coefficient (Wildman–Crippen LogP) is 6.85. The Kier molecular flexibility index (Phi) is 10.4. The number of fused-ring (bicyclic) bond motifs is 1. The summed E-state index contributed by atoms with van der Waals surface area (Å²) in [5.74, 6) is 1.01. The minimum absolute atomic E-state index is 0.166. The maximum absolute atomic E-state index is 14.2. The number of rotatable bonds is 10. The van der Waals surface area contributed by atoms with E-state index in [2.05, 4.69) is 20.9 Å². The number of allylic oxidation sites excluding steroid dienone is 1. The number of thiazole rings is 1. The fourth-order valence-corrected chi connectivity index (χ4v) is 6.83. The quantitative estimate of drug-likeness (QED) is 0.166. The zero-order valence-corrected chi connectivity index (χ0v) is 28.8. The Labute approximate surface area is 282 Å². The van der Waals surface area contributed by atoms with Crippen LogP contribution in [-0.2, 0) is 16.1 Å². The van der Waals surface area contributed by atoms with E-state index in [0.29, 0.717) is 64.5 Å². The lowest BCUT2D eigenvalue weighted by Crippen LogP contribution is -2.40. The molecule has 1 atom stereocenters. The zero-order valence-electron chi connectivity index (χ0n) is 24.9. The van der Waals surface area contributed by atoms with Crippen LogP contribution in [0.15, 0.2) is 80.1 Å². The minimum Gasteiger partial charge on any atom is -0.493 e. The van der Waals surface area contributed by atoms with Gasteiger partial charge in [-0.2, -0.15) is 0 Å². The van der Waals surface area contributed by atoms with Crippen LogP contribution in [0, 0.1) is 0 Å². The van der Waals surface area contributed by atoms with Crippen LogP contribution in [0.3, 0.4) is 0 Å². The first-order valence-electron chi connectivity index (χ1n) is 14.0. The first-order chi connectivity index (χ1) is 21.7. The number of methoxy groups -OCH3 is 1. The summed E-state index contributed by atoms with van der Waals surface area (Å²) in [6, 6.07) is 15.4. The Morgan fingerprint density at radius 3 is 2.51 bits per heavy atom. The molecule has 0 saturated heterocycles. The Hall–Kier alpha value is -3.57. The number of carbonyl (C=O) groups excluding carboxylic acids is 1. The monoisotopic (exact) mass is 730 g/mol. The van der Waals surface area contributed by atoms with E-state index in [1.165, 1.54) is 23.0 Å². The molecule has 0 amide bonds. The van der Waals surface area contributed by atoms with Crippen LogP contribution in [0.1, 0.15) is 43.5 Å². The number of nitrogens with zero attached hydrogens (tertiary/aromatic N) is 2. The van der Waals surface area contributed by atoms with Gasteiger partial charge >= 0.3 is 5.97 Å². The number of benzene rings is 3. The third kappa shape index (κ3) is 6.84. The minimum atomic E-state index is -0.845. The summed E-state index contributed by atoms with van der Waals surface area (Å²) in [6.07, 6.45) is 1.77. The zero-order chi connectivity index (χ0) is 32.2. The van der Waals surface area contributed by atoms with Gasteiger partial charge in [-0.3, -0.25) is 9.36 Å². The molecule has 2 heterocycles. The molecule has 234 valence electrons. The van der Waals surface area contributed by atoms with Crippen molar-refractivity contribution in [3.05, 3.63) is 117 Å². The van der Waals surface area contributed by atoms with Crippen molar-refractivity contribution < 1.29 is 23.7 Å². The van der Waals surface area contributed by atoms with Gasteiger partial charge in [0.15, 0.2) is 16.3 Å². The number of hydrogen-bond donors (Lipinski definition) is 0. The number of aromatic nitrogens is 1. The molecular formula is C33H29BrCl2N2O6S.